The monoisotopic (exact) mass is 295 g/mol. The van der Waals surface area contributed by atoms with Crippen LogP contribution in [0.15, 0.2) is 29.7 Å². The van der Waals surface area contributed by atoms with E-state index in [1.165, 1.54) is 12.1 Å². The summed E-state index contributed by atoms with van der Waals surface area (Å²) in [5, 5.41) is 4.83. The molecule has 0 saturated heterocycles. The first-order valence-corrected chi connectivity index (χ1v) is 6.87. The molecule has 0 spiro atoms. The summed E-state index contributed by atoms with van der Waals surface area (Å²) in [6.07, 6.45) is 1.29. The first-order chi connectivity index (χ1) is 7.77. The fourth-order valence-corrected chi connectivity index (χ4v) is 2.43. The van der Waals surface area contributed by atoms with Crippen LogP contribution in [0.2, 0.25) is 10.0 Å². The lowest BCUT2D eigenvalue weighted by Crippen LogP contribution is -2.13. The summed E-state index contributed by atoms with van der Waals surface area (Å²) in [6.45, 7) is 5.30. The number of primary sulfonamides is 1. The molecule has 1 aromatic carbocycles. The second-order valence-electron chi connectivity index (χ2n) is 3.29. The minimum absolute atomic E-state index is 0.00638. The number of nitrogens with two attached hydrogens (primary N) is 1. The summed E-state index contributed by atoms with van der Waals surface area (Å²) in [5.74, 6) is 0.275. The Hall–Kier alpha value is -0.750. The van der Waals surface area contributed by atoms with Gasteiger partial charge in [-0.2, -0.15) is 0 Å². The normalized spacial score (nSPS) is 13.2. The van der Waals surface area contributed by atoms with Crippen LogP contribution >= 0.6 is 23.2 Å². The van der Waals surface area contributed by atoms with Crippen molar-refractivity contribution in [3.63, 3.8) is 0 Å². The van der Waals surface area contributed by atoms with Crippen molar-refractivity contribution in [3.05, 3.63) is 34.8 Å². The molecule has 0 aliphatic heterocycles. The van der Waals surface area contributed by atoms with Gasteiger partial charge in [-0.15, -0.1) is 0 Å². The minimum Gasteiger partial charge on any atom is -0.485 e. The van der Waals surface area contributed by atoms with Crippen LogP contribution in [0.1, 0.15) is 6.92 Å². The topological polar surface area (TPSA) is 69.4 Å². The molecule has 7 heteroatoms. The summed E-state index contributed by atoms with van der Waals surface area (Å²) in [6, 6.07) is 2.64. The summed E-state index contributed by atoms with van der Waals surface area (Å²) < 4.78 is 27.7. The zero-order valence-electron chi connectivity index (χ0n) is 8.98. The van der Waals surface area contributed by atoms with Crippen molar-refractivity contribution in [1.29, 1.82) is 0 Å². The van der Waals surface area contributed by atoms with Crippen molar-refractivity contribution in [2.45, 2.75) is 17.9 Å². The molecule has 17 heavy (non-hydrogen) atoms. The van der Waals surface area contributed by atoms with Crippen molar-refractivity contribution in [2.75, 3.05) is 0 Å². The Morgan fingerprint density at radius 3 is 2.47 bits per heavy atom. The SMILES string of the molecule is C=CC(C)Oc1ccc(S(N)(=O)=O)c(Cl)c1Cl. The van der Waals surface area contributed by atoms with Gasteiger partial charge in [0.25, 0.3) is 0 Å². The van der Waals surface area contributed by atoms with Crippen LogP contribution in [0.3, 0.4) is 0 Å². The molecular weight excluding hydrogens is 285 g/mol. The first kappa shape index (κ1) is 14.3. The van der Waals surface area contributed by atoms with Crippen LogP contribution in [0.25, 0.3) is 0 Å². The van der Waals surface area contributed by atoms with E-state index >= 15 is 0 Å². The summed E-state index contributed by atoms with van der Waals surface area (Å²) >= 11 is 11.7. The highest BCUT2D eigenvalue weighted by molar-refractivity contribution is 7.89. The largest absolute Gasteiger partial charge is 0.485 e. The van der Waals surface area contributed by atoms with Crippen molar-refractivity contribution in [1.82, 2.24) is 0 Å². The smallest absolute Gasteiger partial charge is 0.239 e. The number of hydrogen-bond donors (Lipinski definition) is 1. The van der Waals surface area contributed by atoms with E-state index in [4.69, 9.17) is 33.1 Å². The predicted molar refractivity (Wildman–Crippen MR) is 68.1 cm³/mol. The molecule has 1 aromatic rings. The lowest BCUT2D eigenvalue weighted by Gasteiger charge is -2.13. The van der Waals surface area contributed by atoms with Crippen molar-refractivity contribution < 1.29 is 13.2 Å². The fraction of sp³-hybridized carbons (Fsp3) is 0.200. The third-order valence-corrected chi connectivity index (χ3v) is 3.89. The average molecular weight is 296 g/mol. The molecule has 0 aromatic heterocycles. The molecular formula is C10H11Cl2NO3S. The molecule has 0 heterocycles. The van der Waals surface area contributed by atoms with Crippen molar-refractivity contribution in [3.8, 4) is 5.75 Å². The van der Waals surface area contributed by atoms with E-state index in [-0.39, 0.29) is 26.8 Å². The van der Waals surface area contributed by atoms with Crippen LogP contribution in [-0.2, 0) is 10.0 Å². The van der Waals surface area contributed by atoms with Gasteiger partial charge < -0.3 is 4.74 Å². The molecule has 2 N–H and O–H groups in total. The average Bonchev–Trinajstić information content (AvgIpc) is 2.22. The molecule has 1 unspecified atom stereocenters. The van der Waals surface area contributed by atoms with Gasteiger partial charge in [0.2, 0.25) is 10.0 Å². The highest BCUT2D eigenvalue weighted by Crippen LogP contribution is 2.36. The van der Waals surface area contributed by atoms with E-state index in [1.807, 2.05) is 0 Å². The Balaban J connectivity index is 3.25. The van der Waals surface area contributed by atoms with E-state index in [0.29, 0.717) is 0 Å². The molecule has 0 fully saturated rings. The number of halogens is 2. The Kier molecular flexibility index (Phi) is 4.43. The van der Waals surface area contributed by atoms with Gasteiger partial charge in [0, 0.05) is 0 Å². The Morgan fingerprint density at radius 2 is 2.00 bits per heavy atom. The van der Waals surface area contributed by atoms with Gasteiger partial charge in [-0.3, -0.25) is 0 Å². The van der Waals surface area contributed by atoms with Gasteiger partial charge in [0.05, 0.1) is 5.02 Å². The van der Waals surface area contributed by atoms with E-state index in [9.17, 15) is 8.42 Å². The van der Waals surface area contributed by atoms with Gasteiger partial charge >= 0.3 is 0 Å². The molecule has 0 aliphatic carbocycles. The molecule has 1 rings (SSSR count). The maximum atomic E-state index is 11.2. The molecule has 0 aliphatic rings. The molecule has 94 valence electrons. The van der Waals surface area contributed by atoms with E-state index in [2.05, 4.69) is 6.58 Å². The number of benzene rings is 1. The maximum absolute atomic E-state index is 11.2. The van der Waals surface area contributed by atoms with E-state index < -0.39 is 10.0 Å². The van der Waals surface area contributed by atoms with Gasteiger partial charge in [0.1, 0.15) is 21.8 Å². The molecule has 0 saturated carbocycles. The van der Waals surface area contributed by atoms with Crippen LogP contribution in [-0.4, -0.2) is 14.5 Å². The lowest BCUT2D eigenvalue weighted by atomic mass is 10.3. The summed E-state index contributed by atoms with van der Waals surface area (Å²) in [7, 11) is -3.90. The second-order valence-corrected chi connectivity index (χ2v) is 5.58. The van der Waals surface area contributed by atoms with Gasteiger partial charge in [-0.25, -0.2) is 13.6 Å². The van der Waals surface area contributed by atoms with E-state index in [1.54, 1.807) is 13.0 Å². The Morgan fingerprint density at radius 1 is 1.41 bits per heavy atom. The third-order valence-electron chi connectivity index (χ3n) is 1.96. The highest BCUT2D eigenvalue weighted by Gasteiger charge is 2.19. The molecule has 4 nitrogen and oxygen atoms in total. The number of rotatable bonds is 4. The van der Waals surface area contributed by atoms with E-state index in [0.717, 1.165) is 0 Å². The molecule has 1 atom stereocenters. The third kappa shape index (κ3) is 3.35. The number of hydrogen-bond acceptors (Lipinski definition) is 3. The predicted octanol–water partition coefficient (Wildman–Crippen LogP) is 2.59. The Bertz CT molecular complexity index is 543. The lowest BCUT2D eigenvalue weighted by molar-refractivity contribution is 0.270. The number of sulfonamides is 1. The molecule has 0 amide bonds. The quantitative estimate of drug-likeness (QED) is 0.868. The second kappa shape index (κ2) is 5.27. The van der Waals surface area contributed by atoms with Crippen LogP contribution in [0, 0.1) is 0 Å². The Labute approximate surface area is 110 Å². The van der Waals surface area contributed by atoms with Crippen LogP contribution < -0.4 is 9.88 Å². The van der Waals surface area contributed by atoms with Crippen molar-refractivity contribution >= 4 is 33.2 Å². The zero-order valence-corrected chi connectivity index (χ0v) is 11.3. The fourth-order valence-electron chi connectivity index (χ4n) is 1.07. The van der Waals surface area contributed by atoms with Gasteiger partial charge in [-0.1, -0.05) is 35.9 Å². The highest BCUT2D eigenvalue weighted by atomic mass is 35.5. The minimum atomic E-state index is -3.90. The standard InChI is InChI=1S/C10H11Cl2NO3S/c1-3-6(2)16-7-4-5-8(17(13,14)15)10(12)9(7)11/h3-6H,1H2,2H3,(H2,13,14,15). The van der Waals surface area contributed by atoms with Gasteiger partial charge in [0.15, 0.2) is 0 Å². The first-order valence-electron chi connectivity index (χ1n) is 4.57. The van der Waals surface area contributed by atoms with Crippen LogP contribution in [0.5, 0.6) is 5.75 Å². The van der Waals surface area contributed by atoms with Crippen molar-refractivity contribution in [2.24, 2.45) is 5.14 Å². The number of ether oxygens (including phenoxy) is 1. The zero-order chi connectivity index (χ0) is 13.2. The summed E-state index contributed by atoms with van der Waals surface area (Å²) in [4.78, 5) is -0.234. The maximum Gasteiger partial charge on any atom is 0.239 e. The van der Waals surface area contributed by atoms with Crippen LogP contribution in [0.4, 0.5) is 0 Å². The summed E-state index contributed by atoms with van der Waals surface area (Å²) in [5.41, 5.74) is 0. The van der Waals surface area contributed by atoms with Gasteiger partial charge in [-0.05, 0) is 19.1 Å². The molecule has 0 bridgehead atoms. The molecule has 0 radical (unpaired) electrons.